The molecular weight excluding hydrogens is 166 g/mol. The first-order valence-electron chi connectivity index (χ1n) is 4.31. The molecule has 2 amide bonds. The van der Waals surface area contributed by atoms with Crippen molar-refractivity contribution >= 4 is 11.7 Å². The van der Waals surface area contributed by atoms with Crippen molar-refractivity contribution < 1.29 is 4.79 Å². The van der Waals surface area contributed by atoms with E-state index in [1.807, 2.05) is 13.0 Å². The number of anilines is 1. The van der Waals surface area contributed by atoms with E-state index in [0.29, 0.717) is 13.1 Å². The van der Waals surface area contributed by atoms with Gasteiger partial charge in [-0.2, -0.15) is 0 Å². The van der Waals surface area contributed by atoms with Crippen LogP contribution in [0.2, 0.25) is 0 Å². The molecule has 0 fully saturated rings. The molecule has 0 aromatic carbocycles. The summed E-state index contributed by atoms with van der Waals surface area (Å²) < 4.78 is 0. The van der Waals surface area contributed by atoms with Crippen molar-refractivity contribution in [3.8, 4) is 0 Å². The molecule has 68 valence electrons. The molecule has 0 aliphatic carbocycles. The van der Waals surface area contributed by atoms with E-state index in [4.69, 9.17) is 0 Å². The standard InChI is InChI=1S/C9H11N3O/c1-2-12-8-3-4-10-5-7(8)6-11-9(12)13/h3-5H,2,6H2,1H3,(H,11,13). The van der Waals surface area contributed by atoms with Gasteiger partial charge < -0.3 is 5.32 Å². The molecule has 2 rings (SSSR count). The number of fused-ring (bicyclic) bond motifs is 1. The second-order valence-electron chi connectivity index (χ2n) is 2.91. The van der Waals surface area contributed by atoms with Gasteiger partial charge in [0.15, 0.2) is 0 Å². The number of carbonyl (C=O) groups is 1. The Hall–Kier alpha value is -1.58. The molecule has 1 N–H and O–H groups in total. The number of carbonyl (C=O) groups excluding carboxylic acids is 1. The highest BCUT2D eigenvalue weighted by Gasteiger charge is 2.21. The van der Waals surface area contributed by atoms with Crippen LogP contribution in [0, 0.1) is 0 Å². The lowest BCUT2D eigenvalue weighted by atomic mass is 10.2. The van der Waals surface area contributed by atoms with Gasteiger partial charge in [-0.05, 0) is 13.0 Å². The summed E-state index contributed by atoms with van der Waals surface area (Å²) in [5, 5.41) is 2.79. The van der Waals surface area contributed by atoms with Crippen LogP contribution in [0.4, 0.5) is 10.5 Å². The first-order valence-corrected chi connectivity index (χ1v) is 4.31. The van der Waals surface area contributed by atoms with Crippen LogP contribution in [0.5, 0.6) is 0 Å². The van der Waals surface area contributed by atoms with Gasteiger partial charge in [0.05, 0.1) is 5.69 Å². The Morgan fingerprint density at radius 2 is 2.54 bits per heavy atom. The number of amides is 2. The van der Waals surface area contributed by atoms with Gasteiger partial charge in [-0.25, -0.2) is 4.79 Å². The zero-order valence-corrected chi connectivity index (χ0v) is 7.45. The van der Waals surface area contributed by atoms with Gasteiger partial charge in [-0.15, -0.1) is 0 Å². The van der Waals surface area contributed by atoms with E-state index in [1.165, 1.54) is 0 Å². The van der Waals surface area contributed by atoms with Gasteiger partial charge in [-0.3, -0.25) is 9.88 Å². The van der Waals surface area contributed by atoms with E-state index in [9.17, 15) is 4.79 Å². The molecule has 0 saturated heterocycles. The number of nitrogens with zero attached hydrogens (tertiary/aromatic N) is 2. The van der Waals surface area contributed by atoms with Crippen molar-refractivity contribution in [2.24, 2.45) is 0 Å². The highest BCUT2D eigenvalue weighted by Crippen LogP contribution is 2.22. The zero-order chi connectivity index (χ0) is 9.26. The molecular formula is C9H11N3O. The van der Waals surface area contributed by atoms with Crippen molar-refractivity contribution in [1.29, 1.82) is 0 Å². The Labute approximate surface area is 76.6 Å². The minimum Gasteiger partial charge on any atom is -0.333 e. The average molecular weight is 177 g/mol. The molecule has 0 unspecified atom stereocenters. The smallest absolute Gasteiger partial charge is 0.322 e. The fourth-order valence-electron chi connectivity index (χ4n) is 1.51. The first-order chi connectivity index (χ1) is 6.33. The number of urea groups is 1. The molecule has 0 atom stereocenters. The van der Waals surface area contributed by atoms with Gasteiger partial charge in [0.25, 0.3) is 0 Å². The number of pyridine rings is 1. The Kier molecular flexibility index (Phi) is 1.88. The Morgan fingerprint density at radius 1 is 1.69 bits per heavy atom. The van der Waals surface area contributed by atoms with Crippen LogP contribution in [-0.4, -0.2) is 17.6 Å². The van der Waals surface area contributed by atoms with Gasteiger partial charge >= 0.3 is 6.03 Å². The van der Waals surface area contributed by atoms with E-state index in [1.54, 1.807) is 17.3 Å². The molecule has 0 spiro atoms. The molecule has 0 radical (unpaired) electrons. The van der Waals surface area contributed by atoms with Crippen LogP contribution >= 0.6 is 0 Å². The van der Waals surface area contributed by atoms with Crippen LogP contribution in [0.3, 0.4) is 0 Å². The molecule has 1 aliphatic rings. The molecule has 0 bridgehead atoms. The minimum atomic E-state index is -0.0267. The van der Waals surface area contributed by atoms with Crippen LogP contribution in [0.15, 0.2) is 18.5 Å². The number of aromatic nitrogens is 1. The zero-order valence-electron chi connectivity index (χ0n) is 7.45. The fraction of sp³-hybridized carbons (Fsp3) is 0.333. The second kappa shape index (κ2) is 3.05. The molecule has 1 aromatic heterocycles. The van der Waals surface area contributed by atoms with Crippen molar-refractivity contribution in [3.05, 3.63) is 24.0 Å². The third-order valence-electron chi connectivity index (χ3n) is 2.16. The minimum absolute atomic E-state index is 0.0267. The summed E-state index contributed by atoms with van der Waals surface area (Å²) >= 11 is 0. The number of hydrogen-bond donors (Lipinski definition) is 1. The van der Waals surface area contributed by atoms with Gasteiger partial charge in [0.1, 0.15) is 0 Å². The molecule has 1 aromatic rings. The molecule has 1 aliphatic heterocycles. The normalized spacial score (nSPS) is 15.2. The van der Waals surface area contributed by atoms with Crippen molar-refractivity contribution in [2.75, 3.05) is 11.4 Å². The Morgan fingerprint density at radius 3 is 3.31 bits per heavy atom. The lowest BCUT2D eigenvalue weighted by molar-refractivity contribution is 0.245. The lowest BCUT2D eigenvalue weighted by Crippen LogP contribution is -2.44. The summed E-state index contributed by atoms with van der Waals surface area (Å²) in [6.07, 6.45) is 3.50. The van der Waals surface area contributed by atoms with E-state index in [-0.39, 0.29) is 6.03 Å². The van der Waals surface area contributed by atoms with Crippen molar-refractivity contribution in [1.82, 2.24) is 10.3 Å². The summed E-state index contributed by atoms with van der Waals surface area (Å²) in [7, 11) is 0. The molecule has 13 heavy (non-hydrogen) atoms. The highest BCUT2D eigenvalue weighted by molar-refractivity contribution is 5.94. The van der Waals surface area contributed by atoms with E-state index < -0.39 is 0 Å². The summed E-state index contributed by atoms with van der Waals surface area (Å²) in [4.78, 5) is 17.1. The maximum absolute atomic E-state index is 11.4. The third-order valence-corrected chi connectivity index (χ3v) is 2.16. The average Bonchev–Trinajstić information content (AvgIpc) is 2.18. The van der Waals surface area contributed by atoms with Crippen LogP contribution < -0.4 is 10.2 Å². The number of nitrogens with one attached hydrogen (secondary N) is 1. The predicted octanol–water partition coefficient (Wildman–Crippen LogP) is 1.13. The van der Waals surface area contributed by atoms with Gasteiger partial charge in [-0.1, -0.05) is 0 Å². The van der Waals surface area contributed by atoms with Gasteiger partial charge in [0, 0.05) is 31.0 Å². The predicted molar refractivity (Wildman–Crippen MR) is 49.5 cm³/mol. The molecule has 2 heterocycles. The fourth-order valence-corrected chi connectivity index (χ4v) is 1.51. The monoisotopic (exact) mass is 177 g/mol. The maximum atomic E-state index is 11.4. The number of rotatable bonds is 1. The molecule has 4 heteroatoms. The first kappa shape index (κ1) is 8.04. The SMILES string of the molecule is CCN1C(=O)NCc2cnccc21. The highest BCUT2D eigenvalue weighted by atomic mass is 16.2. The topological polar surface area (TPSA) is 45.2 Å². The van der Waals surface area contributed by atoms with E-state index >= 15 is 0 Å². The van der Waals surface area contributed by atoms with Gasteiger partial charge in [0.2, 0.25) is 0 Å². The lowest BCUT2D eigenvalue weighted by Gasteiger charge is -2.28. The largest absolute Gasteiger partial charge is 0.333 e. The third kappa shape index (κ3) is 1.24. The van der Waals surface area contributed by atoms with E-state index in [0.717, 1.165) is 11.3 Å². The quantitative estimate of drug-likeness (QED) is 0.699. The van der Waals surface area contributed by atoms with Crippen LogP contribution in [0.1, 0.15) is 12.5 Å². The van der Waals surface area contributed by atoms with Crippen molar-refractivity contribution in [2.45, 2.75) is 13.5 Å². The van der Waals surface area contributed by atoms with Crippen molar-refractivity contribution in [3.63, 3.8) is 0 Å². The summed E-state index contributed by atoms with van der Waals surface area (Å²) in [5.74, 6) is 0. The van der Waals surface area contributed by atoms with Crippen LogP contribution in [0.25, 0.3) is 0 Å². The molecule has 4 nitrogen and oxygen atoms in total. The maximum Gasteiger partial charge on any atom is 0.322 e. The summed E-state index contributed by atoms with van der Waals surface area (Å²) in [6.45, 7) is 3.22. The Balaban J connectivity index is 2.45. The summed E-state index contributed by atoms with van der Waals surface area (Å²) in [6, 6.07) is 1.85. The Bertz CT molecular complexity index is 337. The second-order valence-corrected chi connectivity index (χ2v) is 2.91. The van der Waals surface area contributed by atoms with Crippen LogP contribution in [-0.2, 0) is 6.54 Å². The van der Waals surface area contributed by atoms with E-state index in [2.05, 4.69) is 10.3 Å². The number of hydrogen-bond acceptors (Lipinski definition) is 2. The molecule has 0 saturated carbocycles. The summed E-state index contributed by atoms with van der Waals surface area (Å²) in [5.41, 5.74) is 2.05.